The van der Waals surface area contributed by atoms with E-state index in [1.165, 1.54) is 0 Å². The summed E-state index contributed by atoms with van der Waals surface area (Å²) in [6.45, 7) is 4.18. The number of hydrogen-bond acceptors (Lipinski definition) is 3. The summed E-state index contributed by atoms with van der Waals surface area (Å²) < 4.78 is 0. The Morgan fingerprint density at radius 1 is 1.67 bits per heavy atom. The van der Waals surface area contributed by atoms with Crippen molar-refractivity contribution >= 4 is 11.8 Å². The maximum Gasteiger partial charge on any atom is 0.0586 e. The second kappa shape index (κ2) is 4.56. The molecule has 1 N–H and O–H groups in total. The number of hydrogen-bond donors (Lipinski definition) is 1. The van der Waals surface area contributed by atoms with Crippen LogP contribution in [-0.2, 0) is 0 Å². The fourth-order valence-corrected chi connectivity index (χ4v) is 1.13. The van der Waals surface area contributed by atoms with Gasteiger partial charge in [0.1, 0.15) is 0 Å². The first-order valence-electron chi connectivity index (χ1n) is 2.83. The van der Waals surface area contributed by atoms with E-state index in [1.807, 2.05) is 6.26 Å². The minimum Gasteiger partial charge on any atom is -0.205 e. The Bertz CT molecular complexity index is 118. The molecule has 0 fully saturated rings. The number of thioether (sulfide) groups is 1. The van der Waals surface area contributed by atoms with Crippen LogP contribution in [0.25, 0.3) is 0 Å². The van der Waals surface area contributed by atoms with Crippen molar-refractivity contribution in [3.63, 3.8) is 0 Å². The molecule has 0 aromatic carbocycles. The van der Waals surface area contributed by atoms with Crippen LogP contribution in [-0.4, -0.2) is 6.26 Å². The predicted octanol–water partition coefficient (Wildman–Crippen LogP) is 2.88. The maximum atomic E-state index is 6.56. The SMILES string of the molecule is CS/C(=C\N=N)C(C)C. The van der Waals surface area contributed by atoms with Gasteiger partial charge < -0.3 is 0 Å². The molecule has 0 rings (SSSR count). The molecule has 0 radical (unpaired) electrons. The highest BCUT2D eigenvalue weighted by Gasteiger charge is 1.98. The zero-order valence-corrected chi connectivity index (χ0v) is 6.83. The third kappa shape index (κ3) is 3.30. The Kier molecular flexibility index (Phi) is 4.40. The highest BCUT2D eigenvalue weighted by molar-refractivity contribution is 8.02. The number of nitrogens with zero attached hydrogens (tertiary/aromatic N) is 1. The molecule has 0 saturated heterocycles. The first kappa shape index (κ1) is 8.69. The van der Waals surface area contributed by atoms with E-state index in [0.717, 1.165) is 4.91 Å². The predicted molar refractivity (Wildman–Crippen MR) is 41.6 cm³/mol. The van der Waals surface area contributed by atoms with Crippen molar-refractivity contribution in [3.8, 4) is 0 Å². The third-order valence-electron chi connectivity index (χ3n) is 0.997. The molecule has 0 heterocycles. The molecule has 0 unspecified atom stereocenters. The van der Waals surface area contributed by atoms with Crippen LogP contribution >= 0.6 is 11.8 Å². The molecule has 0 atom stereocenters. The molecule has 52 valence electrons. The van der Waals surface area contributed by atoms with Gasteiger partial charge in [0, 0.05) is 4.91 Å². The van der Waals surface area contributed by atoms with Crippen LogP contribution in [0, 0.1) is 11.4 Å². The van der Waals surface area contributed by atoms with Gasteiger partial charge in [-0.1, -0.05) is 13.8 Å². The molecule has 9 heavy (non-hydrogen) atoms. The average Bonchev–Trinajstić information content (AvgIpc) is 1.82. The monoisotopic (exact) mass is 144 g/mol. The van der Waals surface area contributed by atoms with Gasteiger partial charge in [0.2, 0.25) is 0 Å². The van der Waals surface area contributed by atoms with E-state index in [2.05, 4.69) is 19.0 Å². The highest BCUT2D eigenvalue weighted by Crippen LogP contribution is 2.20. The van der Waals surface area contributed by atoms with E-state index in [9.17, 15) is 0 Å². The molecule has 3 heteroatoms. The van der Waals surface area contributed by atoms with E-state index in [-0.39, 0.29) is 0 Å². The van der Waals surface area contributed by atoms with Crippen LogP contribution in [0.1, 0.15) is 13.8 Å². The lowest BCUT2D eigenvalue weighted by Gasteiger charge is -2.03. The molecule has 0 bridgehead atoms. The van der Waals surface area contributed by atoms with Crippen molar-refractivity contribution in [2.24, 2.45) is 11.0 Å². The van der Waals surface area contributed by atoms with E-state index in [1.54, 1.807) is 18.0 Å². The fraction of sp³-hybridized carbons (Fsp3) is 0.667. The molecule has 0 amide bonds. The summed E-state index contributed by atoms with van der Waals surface area (Å²) in [5.41, 5.74) is 6.56. The summed E-state index contributed by atoms with van der Waals surface area (Å²) in [5, 5.41) is 3.20. The summed E-state index contributed by atoms with van der Waals surface area (Å²) in [4.78, 5) is 1.16. The van der Waals surface area contributed by atoms with Gasteiger partial charge in [-0.2, -0.15) is 5.11 Å². The third-order valence-corrected chi connectivity index (χ3v) is 2.04. The van der Waals surface area contributed by atoms with E-state index in [0.29, 0.717) is 5.92 Å². The Hall–Kier alpha value is -0.310. The zero-order valence-electron chi connectivity index (χ0n) is 6.01. The molecular weight excluding hydrogens is 132 g/mol. The lowest BCUT2D eigenvalue weighted by Crippen LogP contribution is -1.86. The normalized spacial score (nSPS) is 12.2. The average molecular weight is 144 g/mol. The minimum atomic E-state index is 0.495. The first-order chi connectivity index (χ1) is 4.22. The first-order valence-corrected chi connectivity index (χ1v) is 4.05. The van der Waals surface area contributed by atoms with Crippen LogP contribution < -0.4 is 0 Å². The second-order valence-corrected chi connectivity index (χ2v) is 2.90. The molecule has 0 aromatic rings. The number of nitrogens with one attached hydrogen (secondary N) is 1. The summed E-state index contributed by atoms with van der Waals surface area (Å²) >= 11 is 1.65. The molecule has 0 aliphatic heterocycles. The van der Waals surface area contributed by atoms with Gasteiger partial charge >= 0.3 is 0 Å². The van der Waals surface area contributed by atoms with Gasteiger partial charge in [0.15, 0.2) is 0 Å². The molecule has 0 saturated carbocycles. The number of rotatable bonds is 3. The zero-order chi connectivity index (χ0) is 7.28. The second-order valence-electron chi connectivity index (χ2n) is 2.02. The molecule has 2 nitrogen and oxygen atoms in total. The van der Waals surface area contributed by atoms with Crippen LogP contribution in [0.5, 0.6) is 0 Å². The van der Waals surface area contributed by atoms with Gasteiger partial charge in [-0.05, 0) is 12.2 Å². The Balaban J connectivity index is 3.96. The summed E-state index contributed by atoms with van der Waals surface area (Å²) in [6, 6.07) is 0. The van der Waals surface area contributed by atoms with Gasteiger partial charge in [-0.25, -0.2) is 5.53 Å². The van der Waals surface area contributed by atoms with Gasteiger partial charge in [-0.3, -0.25) is 0 Å². The molecule has 0 aliphatic rings. The van der Waals surface area contributed by atoms with E-state index >= 15 is 0 Å². The standard InChI is InChI=1S/C6H12N2S/c1-5(2)6(9-3)4-8-7/h4-5,7H,1-3H3/b6-4-,8-7?. The summed E-state index contributed by atoms with van der Waals surface area (Å²) in [5.74, 6) is 0.495. The quantitative estimate of drug-likeness (QED) is 0.607. The minimum absolute atomic E-state index is 0.495. The van der Waals surface area contributed by atoms with Crippen molar-refractivity contribution in [2.75, 3.05) is 6.26 Å². The molecule has 0 aliphatic carbocycles. The molecular formula is C6H12N2S. The lowest BCUT2D eigenvalue weighted by atomic mass is 10.2. The highest BCUT2D eigenvalue weighted by atomic mass is 32.2. The Morgan fingerprint density at radius 2 is 2.22 bits per heavy atom. The van der Waals surface area contributed by atoms with Crippen LogP contribution in [0.15, 0.2) is 16.2 Å². The lowest BCUT2D eigenvalue weighted by molar-refractivity contribution is 0.811. The van der Waals surface area contributed by atoms with E-state index in [4.69, 9.17) is 5.53 Å². The Morgan fingerprint density at radius 3 is 2.33 bits per heavy atom. The van der Waals surface area contributed by atoms with Crippen molar-refractivity contribution in [3.05, 3.63) is 11.1 Å². The maximum absolute atomic E-state index is 6.56. The summed E-state index contributed by atoms with van der Waals surface area (Å²) in [6.07, 6.45) is 3.59. The molecule has 0 spiro atoms. The van der Waals surface area contributed by atoms with Crippen LogP contribution in [0.2, 0.25) is 0 Å². The topological polar surface area (TPSA) is 36.2 Å². The number of allylic oxidation sites excluding steroid dienone is 1. The molecule has 0 aromatic heterocycles. The van der Waals surface area contributed by atoms with E-state index < -0.39 is 0 Å². The van der Waals surface area contributed by atoms with Gasteiger partial charge in [0.05, 0.1) is 6.20 Å². The largest absolute Gasteiger partial charge is 0.205 e. The van der Waals surface area contributed by atoms with Crippen molar-refractivity contribution in [1.29, 1.82) is 5.53 Å². The Labute approximate surface area is 60.2 Å². The van der Waals surface area contributed by atoms with Crippen molar-refractivity contribution in [1.82, 2.24) is 0 Å². The summed E-state index contributed by atoms with van der Waals surface area (Å²) in [7, 11) is 0. The smallest absolute Gasteiger partial charge is 0.0586 e. The van der Waals surface area contributed by atoms with Crippen molar-refractivity contribution in [2.45, 2.75) is 13.8 Å². The van der Waals surface area contributed by atoms with Gasteiger partial charge in [-0.15, -0.1) is 11.8 Å². The van der Waals surface area contributed by atoms with Crippen molar-refractivity contribution < 1.29 is 0 Å². The van der Waals surface area contributed by atoms with Crippen LogP contribution in [0.4, 0.5) is 0 Å². The fourth-order valence-electron chi connectivity index (χ4n) is 0.501. The van der Waals surface area contributed by atoms with Gasteiger partial charge in [0.25, 0.3) is 0 Å². The van der Waals surface area contributed by atoms with Crippen LogP contribution in [0.3, 0.4) is 0 Å².